The van der Waals surface area contributed by atoms with Crippen molar-refractivity contribution in [2.24, 2.45) is 0 Å². The van der Waals surface area contributed by atoms with E-state index in [4.69, 9.17) is 0 Å². The number of hydrogen-bond acceptors (Lipinski definition) is 4. The third kappa shape index (κ3) is 3.04. The number of piperidine rings is 1. The number of nitrogens with zero attached hydrogens (tertiary/aromatic N) is 1. The van der Waals surface area contributed by atoms with Gasteiger partial charge in [-0.1, -0.05) is 0 Å². The summed E-state index contributed by atoms with van der Waals surface area (Å²) >= 11 is 0. The number of nitrogens with one attached hydrogen (secondary N) is 1. The molecule has 2 aromatic rings. The molecule has 1 saturated heterocycles. The van der Waals surface area contributed by atoms with E-state index >= 15 is 0 Å². The van der Waals surface area contributed by atoms with E-state index in [2.05, 4.69) is 10.2 Å². The van der Waals surface area contributed by atoms with Crippen molar-refractivity contribution in [3.05, 3.63) is 53.8 Å². The maximum absolute atomic E-state index is 13.1. The molecule has 0 unspecified atom stereocenters. The molecule has 0 radical (unpaired) electrons. The minimum absolute atomic E-state index is 0.127. The summed E-state index contributed by atoms with van der Waals surface area (Å²) in [5.74, 6) is -0.439. The molecule has 2 aliphatic rings. The summed E-state index contributed by atoms with van der Waals surface area (Å²) in [4.78, 5) is 2.83. The second-order valence-corrected chi connectivity index (χ2v) is 8.62. The van der Waals surface area contributed by atoms with Crippen molar-refractivity contribution in [2.75, 3.05) is 24.5 Å². The van der Waals surface area contributed by atoms with Gasteiger partial charge in [0.15, 0.2) is 0 Å². The van der Waals surface area contributed by atoms with Crippen molar-refractivity contribution >= 4 is 15.5 Å². The molecule has 2 heterocycles. The van der Waals surface area contributed by atoms with Crippen LogP contribution in [0.15, 0.2) is 52.3 Å². The standard InChI is InChI=1S/C19H21FN2O2S/c20-15-1-3-17(4-2-15)25(23,24)18-5-6-19-14(13-18)9-12-22(19)16-7-10-21-11-8-16/h1-6,13,16,21H,7-12H2. The lowest BCUT2D eigenvalue weighted by atomic mass is 10.0. The van der Waals surface area contributed by atoms with Crippen LogP contribution in [0.4, 0.5) is 10.1 Å². The zero-order chi connectivity index (χ0) is 17.4. The number of halogens is 1. The van der Waals surface area contributed by atoms with Gasteiger partial charge in [-0.25, -0.2) is 12.8 Å². The number of anilines is 1. The third-order valence-corrected chi connectivity index (χ3v) is 6.93. The Hall–Kier alpha value is -1.92. The van der Waals surface area contributed by atoms with E-state index in [0.29, 0.717) is 6.04 Å². The van der Waals surface area contributed by atoms with Gasteiger partial charge in [-0.3, -0.25) is 0 Å². The lowest BCUT2D eigenvalue weighted by Crippen LogP contribution is -2.42. The van der Waals surface area contributed by atoms with Gasteiger partial charge in [0.25, 0.3) is 0 Å². The van der Waals surface area contributed by atoms with Crippen LogP contribution >= 0.6 is 0 Å². The van der Waals surface area contributed by atoms with Crippen molar-refractivity contribution in [1.29, 1.82) is 0 Å². The monoisotopic (exact) mass is 360 g/mol. The maximum Gasteiger partial charge on any atom is 0.206 e. The number of hydrogen-bond donors (Lipinski definition) is 1. The summed E-state index contributed by atoms with van der Waals surface area (Å²) in [6.45, 7) is 3.01. The van der Waals surface area contributed by atoms with Crippen LogP contribution in [0, 0.1) is 5.82 Å². The molecule has 0 atom stereocenters. The molecule has 132 valence electrons. The summed E-state index contributed by atoms with van der Waals surface area (Å²) in [5, 5.41) is 3.38. The molecule has 0 saturated carbocycles. The first-order valence-corrected chi connectivity index (χ1v) is 10.1. The van der Waals surface area contributed by atoms with E-state index in [9.17, 15) is 12.8 Å². The van der Waals surface area contributed by atoms with Gasteiger partial charge in [0, 0.05) is 18.3 Å². The van der Waals surface area contributed by atoms with Crippen LogP contribution in [-0.4, -0.2) is 34.1 Å². The predicted octanol–water partition coefficient (Wildman–Crippen LogP) is 2.77. The molecule has 0 bridgehead atoms. The molecule has 2 aromatic carbocycles. The average molecular weight is 360 g/mol. The Kier molecular flexibility index (Phi) is 4.25. The van der Waals surface area contributed by atoms with Crippen molar-refractivity contribution in [3.8, 4) is 0 Å². The van der Waals surface area contributed by atoms with Crippen LogP contribution in [-0.2, 0) is 16.3 Å². The van der Waals surface area contributed by atoms with Crippen LogP contribution in [0.3, 0.4) is 0 Å². The third-order valence-electron chi connectivity index (χ3n) is 5.17. The number of rotatable bonds is 3. The molecule has 6 heteroatoms. The molecule has 1 fully saturated rings. The lowest BCUT2D eigenvalue weighted by molar-refractivity contribution is 0.435. The Morgan fingerprint density at radius 1 is 1.00 bits per heavy atom. The van der Waals surface area contributed by atoms with Crippen LogP contribution in [0.2, 0.25) is 0 Å². The summed E-state index contributed by atoms with van der Waals surface area (Å²) < 4.78 is 38.6. The summed E-state index contributed by atoms with van der Waals surface area (Å²) in [6, 6.07) is 10.9. The van der Waals surface area contributed by atoms with Gasteiger partial charge >= 0.3 is 0 Å². The van der Waals surface area contributed by atoms with Gasteiger partial charge in [0.1, 0.15) is 5.82 Å². The highest BCUT2D eigenvalue weighted by Gasteiger charge is 2.28. The molecule has 0 aromatic heterocycles. The second-order valence-electron chi connectivity index (χ2n) is 6.67. The van der Waals surface area contributed by atoms with Crippen LogP contribution in [0.25, 0.3) is 0 Å². The van der Waals surface area contributed by atoms with Gasteiger partial charge in [-0.05, 0) is 80.4 Å². The predicted molar refractivity (Wildman–Crippen MR) is 95.2 cm³/mol. The van der Waals surface area contributed by atoms with Gasteiger partial charge in [-0.15, -0.1) is 0 Å². The summed E-state index contributed by atoms with van der Waals surface area (Å²) in [7, 11) is -3.61. The molecular weight excluding hydrogens is 339 g/mol. The minimum Gasteiger partial charge on any atom is -0.368 e. The SMILES string of the molecule is O=S(=O)(c1ccc(F)cc1)c1ccc2c(c1)CCN2C1CCNCC1. The number of fused-ring (bicyclic) bond motifs is 1. The first-order chi connectivity index (χ1) is 12.1. The van der Waals surface area contributed by atoms with Gasteiger partial charge in [-0.2, -0.15) is 0 Å². The lowest BCUT2D eigenvalue weighted by Gasteiger charge is -2.33. The minimum atomic E-state index is -3.61. The number of sulfone groups is 1. The number of benzene rings is 2. The van der Waals surface area contributed by atoms with Crippen molar-refractivity contribution in [2.45, 2.75) is 35.1 Å². The van der Waals surface area contributed by atoms with Gasteiger partial charge < -0.3 is 10.2 Å². The molecule has 4 nitrogen and oxygen atoms in total. The summed E-state index contributed by atoms with van der Waals surface area (Å²) in [6.07, 6.45) is 3.11. The van der Waals surface area contributed by atoms with Crippen LogP contribution in [0.1, 0.15) is 18.4 Å². The fraction of sp³-hybridized carbons (Fsp3) is 0.368. The van der Waals surface area contributed by atoms with Gasteiger partial charge in [0.05, 0.1) is 9.79 Å². The molecule has 0 amide bonds. The fourth-order valence-electron chi connectivity index (χ4n) is 3.82. The van der Waals surface area contributed by atoms with Crippen LogP contribution < -0.4 is 10.2 Å². The fourth-order valence-corrected chi connectivity index (χ4v) is 5.13. The van der Waals surface area contributed by atoms with E-state index in [1.807, 2.05) is 6.07 Å². The molecular formula is C19H21FN2O2S. The van der Waals surface area contributed by atoms with E-state index < -0.39 is 15.7 Å². The van der Waals surface area contributed by atoms with Gasteiger partial charge in [0.2, 0.25) is 9.84 Å². The highest BCUT2D eigenvalue weighted by atomic mass is 32.2. The normalized spacial score (nSPS) is 18.4. The Balaban J connectivity index is 1.64. The van der Waals surface area contributed by atoms with Crippen molar-refractivity contribution in [3.63, 3.8) is 0 Å². The molecule has 4 rings (SSSR count). The van der Waals surface area contributed by atoms with Crippen LogP contribution in [0.5, 0.6) is 0 Å². The molecule has 1 N–H and O–H groups in total. The Bertz CT molecular complexity index is 875. The average Bonchev–Trinajstić information content (AvgIpc) is 3.06. The molecule has 0 spiro atoms. The first kappa shape index (κ1) is 16.5. The molecule has 25 heavy (non-hydrogen) atoms. The Morgan fingerprint density at radius 3 is 2.40 bits per heavy atom. The quantitative estimate of drug-likeness (QED) is 0.855. The van der Waals surface area contributed by atoms with E-state index in [-0.39, 0.29) is 9.79 Å². The maximum atomic E-state index is 13.1. The molecule has 0 aliphatic carbocycles. The zero-order valence-corrected chi connectivity index (χ0v) is 14.7. The highest BCUT2D eigenvalue weighted by molar-refractivity contribution is 7.91. The topological polar surface area (TPSA) is 49.4 Å². The Morgan fingerprint density at radius 2 is 1.68 bits per heavy atom. The zero-order valence-electron chi connectivity index (χ0n) is 13.9. The Labute approximate surface area is 147 Å². The smallest absolute Gasteiger partial charge is 0.206 e. The van der Waals surface area contributed by atoms with E-state index in [0.717, 1.165) is 50.1 Å². The highest BCUT2D eigenvalue weighted by Crippen LogP contribution is 2.34. The second kappa shape index (κ2) is 6.42. The largest absolute Gasteiger partial charge is 0.368 e. The molecule has 2 aliphatic heterocycles. The van der Waals surface area contributed by atoms with E-state index in [1.54, 1.807) is 12.1 Å². The summed E-state index contributed by atoms with van der Waals surface area (Å²) in [5.41, 5.74) is 2.24. The van der Waals surface area contributed by atoms with Crippen molar-refractivity contribution in [1.82, 2.24) is 5.32 Å². The van der Waals surface area contributed by atoms with Crippen molar-refractivity contribution < 1.29 is 12.8 Å². The van der Waals surface area contributed by atoms with E-state index in [1.165, 1.54) is 24.3 Å². The first-order valence-electron chi connectivity index (χ1n) is 8.67.